The molecule has 0 aromatic heterocycles. The van der Waals surface area contributed by atoms with Gasteiger partial charge < -0.3 is 15.7 Å². The van der Waals surface area contributed by atoms with Crippen LogP contribution in [0.15, 0.2) is 0 Å². The zero-order valence-electron chi connectivity index (χ0n) is 9.99. The average molecular weight is 214 g/mol. The van der Waals surface area contributed by atoms with Crippen molar-refractivity contribution in [2.24, 2.45) is 11.7 Å². The number of nitrogens with zero attached hydrogens (tertiary/aromatic N) is 1. The van der Waals surface area contributed by atoms with Crippen molar-refractivity contribution in [2.75, 3.05) is 26.2 Å². The fourth-order valence-electron chi connectivity index (χ4n) is 2.78. The Morgan fingerprint density at radius 3 is 2.67 bits per heavy atom. The molecule has 90 valence electrons. The van der Waals surface area contributed by atoms with E-state index in [-0.39, 0.29) is 0 Å². The molecule has 15 heavy (non-hydrogen) atoms. The number of rotatable bonds is 6. The van der Waals surface area contributed by atoms with Crippen LogP contribution in [0.4, 0.5) is 0 Å². The normalized spacial score (nSPS) is 27.2. The molecule has 3 N–H and O–H groups in total. The van der Waals surface area contributed by atoms with E-state index in [0.29, 0.717) is 18.6 Å². The molecule has 0 aliphatic heterocycles. The minimum Gasteiger partial charge on any atom is -0.396 e. The fourth-order valence-corrected chi connectivity index (χ4v) is 2.78. The molecule has 2 atom stereocenters. The molecule has 3 heteroatoms. The second-order valence-corrected chi connectivity index (χ2v) is 4.55. The van der Waals surface area contributed by atoms with Crippen molar-refractivity contribution in [2.45, 2.75) is 45.1 Å². The Kier molecular flexibility index (Phi) is 6.22. The fraction of sp³-hybridized carbons (Fsp3) is 1.00. The minimum absolute atomic E-state index is 0.302. The molecule has 0 spiro atoms. The molecule has 1 rings (SSSR count). The van der Waals surface area contributed by atoms with Gasteiger partial charge in [-0.15, -0.1) is 0 Å². The quantitative estimate of drug-likeness (QED) is 0.698. The SMILES string of the molecule is CCN(CCCO)C1CCCCC1CN. The molecular weight excluding hydrogens is 188 g/mol. The van der Waals surface area contributed by atoms with Gasteiger partial charge in [-0.25, -0.2) is 0 Å². The summed E-state index contributed by atoms with van der Waals surface area (Å²) in [6, 6.07) is 0.667. The summed E-state index contributed by atoms with van der Waals surface area (Å²) in [6.07, 6.45) is 6.16. The molecule has 1 aliphatic rings. The van der Waals surface area contributed by atoms with E-state index < -0.39 is 0 Å². The average Bonchev–Trinajstić information content (AvgIpc) is 2.30. The van der Waals surface area contributed by atoms with Gasteiger partial charge in [-0.05, 0) is 38.3 Å². The van der Waals surface area contributed by atoms with Crippen molar-refractivity contribution in [1.29, 1.82) is 0 Å². The molecule has 1 saturated carbocycles. The molecule has 0 amide bonds. The molecule has 0 radical (unpaired) electrons. The summed E-state index contributed by atoms with van der Waals surface area (Å²) in [6.45, 7) is 5.44. The molecular formula is C12H26N2O. The van der Waals surface area contributed by atoms with Crippen LogP contribution in [0.25, 0.3) is 0 Å². The molecule has 0 saturated heterocycles. The highest BCUT2D eigenvalue weighted by Gasteiger charge is 2.27. The summed E-state index contributed by atoms with van der Waals surface area (Å²) < 4.78 is 0. The summed E-state index contributed by atoms with van der Waals surface area (Å²) in [7, 11) is 0. The van der Waals surface area contributed by atoms with E-state index >= 15 is 0 Å². The summed E-state index contributed by atoms with van der Waals surface area (Å²) in [5.41, 5.74) is 5.84. The number of hydrogen-bond donors (Lipinski definition) is 2. The summed E-state index contributed by atoms with van der Waals surface area (Å²) in [4.78, 5) is 2.51. The van der Waals surface area contributed by atoms with E-state index in [9.17, 15) is 0 Å². The number of hydrogen-bond acceptors (Lipinski definition) is 3. The first-order valence-corrected chi connectivity index (χ1v) is 6.38. The Hall–Kier alpha value is -0.120. The molecule has 2 unspecified atom stereocenters. The van der Waals surface area contributed by atoms with Gasteiger partial charge in [-0.3, -0.25) is 0 Å². The lowest BCUT2D eigenvalue weighted by Gasteiger charge is -2.39. The Morgan fingerprint density at radius 1 is 1.33 bits per heavy atom. The number of aliphatic hydroxyl groups excluding tert-OH is 1. The van der Waals surface area contributed by atoms with Crippen LogP contribution in [-0.2, 0) is 0 Å². The van der Waals surface area contributed by atoms with Gasteiger partial charge in [0.25, 0.3) is 0 Å². The maximum Gasteiger partial charge on any atom is 0.0443 e. The van der Waals surface area contributed by atoms with Crippen molar-refractivity contribution in [3.05, 3.63) is 0 Å². The highest BCUT2D eigenvalue weighted by molar-refractivity contribution is 4.83. The zero-order chi connectivity index (χ0) is 11.1. The van der Waals surface area contributed by atoms with Crippen molar-refractivity contribution in [3.63, 3.8) is 0 Å². The molecule has 0 heterocycles. The van der Waals surface area contributed by atoms with Gasteiger partial charge >= 0.3 is 0 Å². The standard InChI is InChI=1S/C12H26N2O/c1-2-14(8-5-9-15)12-7-4-3-6-11(12)10-13/h11-12,15H,2-10,13H2,1H3. The third kappa shape index (κ3) is 3.74. The lowest BCUT2D eigenvalue weighted by atomic mass is 9.83. The van der Waals surface area contributed by atoms with Gasteiger partial charge in [-0.2, -0.15) is 0 Å². The van der Waals surface area contributed by atoms with Crippen molar-refractivity contribution < 1.29 is 5.11 Å². The molecule has 0 aromatic rings. The molecule has 1 fully saturated rings. The van der Waals surface area contributed by atoms with E-state index in [1.54, 1.807) is 0 Å². The van der Waals surface area contributed by atoms with E-state index in [1.165, 1.54) is 25.7 Å². The molecule has 1 aliphatic carbocycles. The van der Waals surface area contributed by atoms with Crippen LogP contribution < -0.4 is 5.73 Å². The Labute approximate surface area is 93.6 Å². The Morgan fingerprint density at radius 2 is 2.07 bits per heavy atom. The molecule has 3 nitrogen and oxygen atoms in total. The van der Waals surface area contributed by atoms with Crippen LogP contribution >= 0.6 is 0 Å². The van der Waals surface area contributed by atoms with Crippen LogP contribution in [0.5, 0.6) is 0 Å². The molecule has 0 bridgehead atoms. The highest BCUT2D eigenvalue weighted by atomic mass is 16.3. The summed E-state index contributed by atoms with van der Waals surface area (Å²) in [5, 5.41) is 8.88. The second kappa shape index (κ2) is 7.20. The minimum atomic E-state index is 0.302. The predicted molar refractivity (Wildman–Crippen MR) is 63.8 cm³/mol. The van der Waals surface area contributed by atoms with Gasteiger partial charge in [0.1, 0.15) is 0 Å². The third-order valence-electron chi connectivity index (χ3n) is 3.65. The third-order valence-corrected chi connectivity index (χ3v) is 3.65. The second-order valence-electron chi connectivity index (χ2n) is 4.55. The van der Waals surface area contributed by atoms with Gasteiger partial charge in [0.15, 0.2) is 0 Å². The van der Waals surface area contributed by atoms with Crippen LogP contribution in [0, 0.1) is 5.92 Å². The maximum atomic E-state index is 8.88. The summed E-state index contributed by atoms with van der Waals surface area (Å²) >= 11 is 0. The number of aliphatic hydroxyl groups is 1. The lowest BCUT2D eigenvalue weighted by Crippen LogP contribution is -2.45. The van der Waals surface area contributed by atoms with Gasteiger partial charge in [0.2, 0.25) is 0 Å². The largest absolute Gasteiger partial charge is 0.396 e. The van der Waals surface area contributed by atoms with Gasteiger partial charge in [0, 0.05) is 19.2 Å². The van der Waals surface area contributed by atoms with Crippen LogP contribution in [0.1, 0.15) is 39.0 Å². The van der Waals surface area contributed by atoms with Crippen molar-refractivity contribution in [1.82, 2.24) is 4.90 Å². The van der Waals surface area contributed by atoms with E-state index in [0.717, 1.165) is 26.1 Å². The Bertz CT molecular complexity index is 164. The topological polar surface area (TPSA) is 49.5 Å². The van der Waals surface area contributed by atoms with E-state index in [1.807, 2.05) is 0 Å². The molecule has 0 aromatic carbocycles. The predicted octanol–water partition coefficient (Wildman–Crippen LogP) is 1.21. The Balaban J connectivity index is 2.47. The smallest absolute Gasteiger partial charge is 0.0443 e. The van der Waals surface area contributed by atoms with Gasteiger partial charge in [-0.1, -0.05) is 19.8 Å². The van der Waals surface area contributed by atoms with Crippen molar-refractivity contribution >= 4 is 0 Å². The first-order chi connectivity index (χ1) is 7.33. The zero-order valence-corrected chi connectivity index (χ0v) is 9.99. The van der Waals surface area contributed by atoms with Crippen LogP contribution in [0.3, 0.4) is 0 Å². The summed E-state index contributed by atoms with van der Waals surface area (Å²) in [5.74, 6) is 0.678. The lowest BCUT2D eigenvalue weighted by molar-refractivity contribution is 0.104. The first-order valence-electron chi connectivity index (χ1n) is 6.38. The van der Waals surface area contributed by atoms with Gasteiger partial charge in [0.05, 0.1) is 0 Å². The van der Waals surface area contributed by atoms with E-state index in [4.69, 9.17) is 10.8 Å². The number of nitrogens with two attached hydrogens (primary N) is 1. The van der Waals surface area contributed by atoms with Crippen molar-refractivity contribution in [3.8, 4) is 0 Å². The van der Waals surface area contributed by atoms with Crippen LogP contribution in [0.2, 0.25) is 0 Å². The highest BCUT2D eigenvalue weighted by Crippen LogP contribution is 2.27. The monoisotopic (exact) mass is 214 g/mol. The maximum absolute atomic E-state index is 8.88. The first kappa shape index (κ1) is 12.9. The van der Waals surface area contributed by atoms with Crippen LogP contribution in [-0.4, -0.2) is 42.3 Å². The van der Waals surface area contributed by atoms with E-state index in [2.05, 4.69) is 11.8 Å².